The molecule has 1 radical (unpaired) electrons. The van der Waals surface area contributed by atoms with Crippen LogP contribution in [-0.4, -0.2) is 63.6 Å². The molecule has 0 fully saturated rings. The Morgan fingerprint density at radius 3 is 1.09 bits per heavy atom. The molecule has 0 unspecified atom stereocenters. The van der Waals surface area contributed by atoms with Crippen LogP contribution >= 0.6 is 0 Å². The molecule has 0 spiro atoms. The molecule has 0 aliphatic carbocycles. The fourth-order valence-corrected chi connectivity index (χ4v) is 3.02. The molecule has 245 valence electrons. The van der Waals surface area contributed by atoms with Crippen molar-refractivity contribution in [3.8, 4) is 23.0 Å². The topological polar surface area (TPSA) is 311 Å². The van der Waals surface area contributed by atoms with Crippen LogP contribution in [-0.2, 0) is 17.1 Å². The second kappa shape index (κ2) is 21.1. The van der Waals surface area contributed by atoms with Crippen LogP contribution in [0.5, 0.6) is 0 Å². The number of aliphatic hydroxyl groups excluding tert-OH is 2. The molecule has 2 N–H and O–H groups in total. The van der Waals surface area contributed by atoms with Gasteiger partial charge in [0.25, 0.3) is 0 Å². The molecule has 0 atom stereocenters. The van der Waals surface area contributed by atoms with Gasteiger partial charge in [-0.3, -0.25) is 18.8 Å². The van der Waals surface area contributed by atoms with E-state index >= 15 is 0 Å². The van der Waals surface area contributed by atoms with Gasteiger partial charge in [0.05, 0.1) is 0 Å². The molecule has 0 aliphatic rings. The minimum Gasteiger partial charge on any atom is -0.400 e. The zero-order valence-corrected chi connectivity index (χ0v) is 25.5. The van der Waals surface area contributed by atoms with Gasteiger partial charge in [0.1, 0.15) is 11.4 Å². The molecule has 21 heteroatoms. The van der Waals surface area contributed by atoms with E-state index in [1.165, 1.54) is 0 Å². The van der Waals surface area contributed by atoms with E-state index in [1.807, 2.05) is 94.0 Å². The Labute approximate surface area is 269 Å². The number of halogens is 2. The van der Waals surface area contributed by atoms with Gasteiger partial charge in [0, 0.05) is 39.0 Å². The molecular formula is C24H24Cl2CuN8O10. The minimum absolute atomic E-state index is 0. The third kappa shape index (κ3) is 16.2. The number of rotatable bonds is 2. The maximum atomic E-state index is 8.49. The Hall–Kier alpha value is -3.76. The van der Waals surface area contributed by atoms with Crippen molar-refractivity contribution in [3.05, 3.63) is 97.6 Å². The number of aromatic nitrogens is 8. The van der Waals surface area contributed by atoms with Gasteiger partial charge in [0.15, 0.2) is 22.9 Å². The Balaban J connectivity index is 0.000000607. The van der Waals surface area contributed by atoms with Crippen LogP contribution < -0.4 is 37.3 Å². The van der Waals surface area contributed by atoms with Crippen molar-refractivity contribution in [1.82, 2.24) is 39.2 Å². The first-order valence-corrected chi connectivity index (χ1v) is 13.9. The summed E-state index contributed by atoms with van der Waals surface area (Å²) in [5, 5.41) is 30.4. The van der Waals surface area contributed by atoms with Crippen molar-refractivity contribution < 1.29 is 85.0 Å². The van der Waals surface area contributed by atoms with Gasteiger partial charge in [0.2, 0.25) is 0 Å². The van der Waals surface area contributed by atoms with Crippen LogP contribution in [0.25, 0.3) is 34.3 Å². The zero-order chi connectivity index (χ0) is 33.2. The van der Waals surface area contributed by atoms with Gasteiger partial charge in [-0.1, -0.05) is 24.3 Å². The van der Waals surface area contributed by atoms with E-state index in [2.05, 4.69) is 30.4 Å². The number of pyridine rings is 4. The summed E-state index contributed by atoms with van der Waals surface area (Å²) in [6.45, 7) is 0. The second-order valence-corrected chi connectivity index (χ2v) is 8.60. The summed E-state index contributed by atoms with van der Waals surface area (Å²) in [7, 11) is -7.89. The zero-order valence-electron chi connectivity index (χ0n) is 23.0. The Bertz CT molecular complexity index is 1490. The standard InChI is InChI=1S/2C11H8N4.2CH4O.2ClHO4.Cu/c2*1-3-7-12-9(5-1)11-14-13-10-6-2-4-8-15(10)11;2*1-2;2*2-1(3,4)5;/h2*1-8H;2*2H,1H3;2*(H,2,3,4,5);/q;;;;;;+2/p-2. The first-order chi connectivity index (χ1) is 20.9. The SMILES string of the molecule is CO.CO.[Cu+2].[O-][Cl+3]([O-])([O-])[O-].[O-][Cl+3]([O-])([O-])[O-].c1ccc(-c2nnc3ccccn23)nc1.c1ccc(-c2nnc3ccccn23)nc1. The maximum absolute atomic E-state index is 8.49. The van der Waals surface area contributed by atoms with Crippen molar-refractivity contribution >= 4 is 11.3 Å². The molecule has 0 saturated heterocycles. The summed E-state index contributed by atoms with van der Waals surface area (Å²) in [6, 6.07) is 23.1. The van der Waals surface area contributed by atoms with E-state index in [4.69, 9.17) is 47.5 Å². The summed E-state index contributed by atoms with van der Waals surface area (Å²) in [4.78, 5) is 8.50. The summed E-state index contributed by atoms with van der Waals surface area (Å²) >= 11 is 0. The summed E-state index contributed by atoms with van der Waals surface area (Å²) < 4.78 is 71.8. The molecule has 18 nitrogen and oxygen atoms in total. The van der Waals surface area contributed by atoms with Crippen LogP contribution in [0.4, 0.5) is 0 Å². The van der Waals surface area contributed by atoms with Gasteiger partial charge in [-0.2, -0.15) is 0 Å². The molecule has 6 heterocycles. The van der Waals surface area contributed by atoms with Crippen molar-refractivity contribution in [2.45, 2.75) is 0 Å². The molecular weight excluding hydrogens is 695 g/mol. The van der Waals surface area contributed by atoms with Crippen LogP contribution in [0.3, 0.4) is 0 Å². The van der Waals surface area contributed by atoms with E-state index in [-0.39, 0.29) is 17.1 Å². The molecule has 0 bridgehead atoms. The quantitative estimate of drug-likeness (QED) is 0.157. The van der Waals surface area contributed by atoms with E-state index in [9.17, 15) is 0 Å². The van der Waals surface area contributed by atoms with Crippen molar-refractivity contribution in [3.63, 3.8) is 0 Å². The molecule has 45 heavy (non-hydrogen) atoms. The van der Waals surface area contributed by atoms with Crippen LogP contribution in [0.1, 0.15) is 0 Å². The van der Waals surface area contributed by atoms with Gasteiger partial charge in [-0.25, -0.2) is 37.3 Å². The third-order valence-electron chi connectivity index (χ3n) is 4.42. The molecule has 6 aromatic heterocycles. The number of aliphatic hydroxyl groups is 2. The maximum Gasteiger partial charge on any atom is 2.00 e. The van der Waals surface area contributed by atoms with E-state index in [0.717, 1.165) is 48.6 Å². The fraction of sp³-hybridized carbons (Fsp3) is 0.0833. The minimum atomic E-state index is -4.94. The molecule has 6 aromatic rings. The van der Waals surface area contributed by atoms with Gasteiger partial charge in [-0.15, -0.1) is 40.9 Å². The average Bonchev–Trinajstić information content (AvgIpc) is 3.64. The largest absolute Gasteiger partial charge is 2.00 e. The van der Waals surface area contributed by atoms with Crippen molar-refractivity contribution in [2.24, 2.45) is 0 Å². The fourth-order valence-electron chi connectivity index (χ4n) is 3.02. The smallest absolute Gasteiger partial charge is 0.400 e. The van der Waals surface area contributed by atoms with Crippen LogP contribution in [0, 0.1) is 20.5 Å². The molecule has 0 amide bonds. The monoisotopic (exact) mass is 717 g/mol. The Kier molecular flexibility index (Phi) is 19.3. The first kappa shape index (κ1) is 41.2. The van der Waals surface area contributed by atoms with E-state index in [1.54, 1.807) is 12.4 Å². The van der Waals surface area contributed by atoms with Gasteiger partial charge >= 0.3 is 17.1 Å². The number of hydrogen-bond acceptors (Lipinski definition) is 16. The second-order valence-electron chi connectivity index (χ2n) is 7.09. The van der Waals surface area contributed by atoms with Crippen LogP contribution in [0.15, 0.2) is 97.6 Å². The molecule has 0 aliphatic heterocycles. The Morgan fingerprint density at radius 2 is 0.800 bits per heavy atom. The van der Waals surface area contributed by atoms with Crippen molar-refractivity contribution in [2.75, 3.05) is 14.2 Å². The van der Waals surface area contributed by atoms with Gasteiger partial charge < -0.3 is 10.2 Å². The Morgan fingerprint density at radius 1 is 0.489 bits per heavy atom. The number of hydrogen-bond donors (Lipinski definition) is 2. The van der Waals surface area contributed by atoms with E-state index in [0.29, 0.717) is 0 Å². The third-order valence-corrected chi connectivity index (χ3v) is 4.42. The number of nitrogens with zero attached hydrogens (tertiary/aromatic N) is 8. The summed E-state index contributed by atoms with van der Waals surface area (Å²) in [6.07, 6.45) is 7.36. The predicted octanol–water partition coefficient (Wildman–Crippen LogP) is -6.71. The van der Waals surface area contributed by atoms with Crippen LogP contribution in [0.2, 0.25) is 0 Å². The summed E-state index contributed by atoms with van der Waals surface area (Å²) in [5.41, 5.74) is 3.32. The molecule has 6 rings (SSSR count). The molecule has 0 saturated carbocycles. The normalized spacial score (nSPS) is 10.0. The first-order valence-electron chi connectivity index (χ1n) is 11.5. The average molecular weight is 719 g/mol. The summed E-state index contributed by atoms with van der Waals surface area (Å²) in [5.74, 6) is 1.54. The molecule has 0 aromatic carbocycles. The van der Waals surface area contributed by atoms with Gasteiger partial charge in [-0.05, 0) is 48.5 Å². The van der Waals surface area contributed by atoms with E-state index < -0.39 is 20.5 Å². The number of fused-ring (bicyclic) bond motifs is 2. The van der Waals surface area contributed by atoms with Crippen molar-refractivity contribution in [1.29, 1.82) is 0 Å². The predicted molar refractivity (Wildman–Crippen MR) is 129 cm³/mol.